The lowest BCUT2D eigenvalue weighted by molar-refractivity contribution is -0.125. The molecule has 1 saturated heterocycles. The van der Waals surface area contributed by atoms with Gasteiger partial charge < -0.3 is 20.4 Å². The van der Waals surface area contributed by atoms with E-state index >= 15 is 0 Å². The van der Waals surface area contributed by atoms with Crippen molar-refractivity contribution in [2.75, 3.05) is 38.7 Å². The molecule has 3 amide bonds. The summed E-state index contributed by atoms with van der Waals surface area (Å²) >= 11 is 0. The van der Waals surface area contributed by atoms with Gasteiger partial charge in [-0.1, -0.05) is 0 Å². The summed E-state index contributed by atoms with van der Waals surface area (Å²) in [5, 5.41) is 19.9. The van der Waals surface area contributed by atoms with Crippen molar-refractivity contribution in [2.45, 2.75) is 32.2 Å². The highest BCUT2D eigenvalue weighted by Gasteiger charge is 2.33. The second-order valence-corrected chi connectivity index (χ2v) is 9.82. The Morgan fingerprint density at radius 2 is 1.94 bits per heavy atom. The third-order valence-electron chi connectivity index (χ3n) is 6.98. The maximum atomic E-state index is 13.2. The molecule has 35 heavy (non-hydrogen) atoms. The molecule has 0 radical (unpaired) electrons. The van der Waals surface area contributed by atoms with Crippen molar-refractivity contribution >= 4 is 23.4 Å². The number of nitrogens with one attached hydrogen (secondary N) is 2. The first-order valence-corrected chi connectivity index (χ1v) is 12.0. The Morgan fingerprint density at radius 3 is 2.63 bits per heavy atom. The Morgan fingerprint density at radius 1 is 1.14 bits per heavy atom. The minimum Gasteiger partial charge on any atom is -0.338 e. The zero-order chi connectivity index (χ0) is 24.7. The fourth-order valence-corrected chi connectivity index (χ4v) is 4.79. The Balaban J connectivity index is 1.36. The number of amides is 3. The van der Waals surface area contributed by atoms with E-state index in [4.69, 9.17) is 0 Å². The fourth-order valence-electron chi connectivity index (χ4n) is 4.79. The van der Waals surface area contributed by atoms with E-state index in [0.29, 0.717) is 34.7 Å². The molecule has 5 rings (SSSR count). The second kappa shape index (κ2) is 9.15. The largest absolute Gasteiger partial charge is 0.338 e. The molecule has 2 atom stereocenters. The second-order valence-electron chi connectivity index (χ2n) is 9.82. The summed E-state index contributed by atoms with van der Waals surface area (Å²) in [6.45, 7) is 4.19. The summed E-state index contributed by atoms with van der Waals surface area (Å²) in [6.07, 6.45) is 2.56. The third kappa shape index (κ3) is 4.64. The molecule has 10 heteroatoms. The Hall–Kier alpha value is -3.71. The summed E-state index contributed by atoms with van der Waals surface area (Å²) in [6, 6.07) is 8.80. The van der Waals surface area contributed by atoms with Crippen LogP contribution in [-0.4, -0.2) is 70.7 Å². The maximum Gasteiger partial charge on any atom is 0.273 e. The van der Waals surface area contributed by atoms with Gasteiger partial charge in [0.15, 0.2) is 0 Å². The van der Waals surface area contributed by atoms with Crippen LogP contribution in [0.3, 0.4) is 0 Å². The van der Waals surface area contributed by atoms with Crippen molar-refractivity contribution in [3.05, 3.63) is 35.5 Å². The van der Waals surface area contributed by atoms with Gasteiger partial charge in [-0.05, 0) is 64.0 Å². The molecule has 2 aliphatic heterocycles. The van der Waals surface area contributed by atoms with E-state index in [2.05, 4.69) is 26.7 Å². The molecule has 1 aromatic heterocycles. The summed E-state index contributed by atoms with van der Waals surface area (Å²) in [5.74, 6) is -0.329. The molecule has 1 saturated carbocycles. The number of nitriles is 1. The molecule has 1 aromatic carbocycles. The van der Waals surface area contributed by atoms with Crippen LogP contribution in [0.5, 0.6) is 0 Å². The smallest absolute Gasteiger partial charge is 0.273 e. The van der Waals surface area contributed by atoms with Gasteiger partial charge >= 0.3 is 0 Å². The van der Waals surface area contributed by atoms with Gasteiger partial charge in [0.2, 0.25) is 11.8 Å². The van der Waals surface area contributed by atoms with Crippen LogP contribution in [0.1, 0.15) is 48.3 Å². The molecular formula is C25H29N7O3. The third-order valence-corrected chi connectivity index (χ3v) is 6.98. The lowest BCUT2D eigenvalue weighted by Gasteiger charge is -2.32. The fraction of sp³-hybridized carbons (Fsp3) is 0.480. The quantitative estimate of drug-likeness (QED) is 0.657. The summed E-state index contributed by atoms with van der Waals surface area (Å²) in [7, 11) is 2.00. The van der Waals surface area contributed by atoms with Gasteiger partial charge in [-0.2, -0.15) is 10.4 Å². The van der Waals surface area contributed by atoms with E-state index in [1.54, 1.807) is 33.8 Å². The molecule has 0 bridgehead atoms. The predicted molar refractivity (Wildman–Crippen MR) is 128 cm³/mol. The monoisotopic (exact) mass is 475 g/mol. The van der Waals surface area contributed by atoms with E-state index in [-0.39, 0.29) is 42.3 Å². The lowest BCUT2D eigenvalue weighted by Crippen LogP contribution is -2.48. The maximum absolute atomic E-state index is 13.2. The number of rotatable bonds is 6. The highest BCUT2D eigenvalue weighted by atomic mass is 16.2. The first kappa shape index (κ1) is 23.1. The Kier molecular flexibility index (Phi) is 6.03. The zero-order valence-corrected chi connectivity index (χ0v) is 20.0. The minimum absolute atomic E-state index is 0.0128. The van der Waals surface area contributed by atoms with Gasteiger partial charge in [-0.25, -0.2) is 0 Å². The van der Waals surface area contributed by atoms with Gasteiger partial charge in [-0.3, -0.25) is 19.1 Å². The van der Waals surface area contributed by atoms with Crippen LogP contribution in [0, 0.1) is 23.2 Å². The van der Waals surface area contributed by atoms with Crippen molar-refractivity contribution in [3.8, 4) is 17.3 Å². The van der Waals surface area contributed by atoms with Crippen LogP contribution >= 0.6 is 0 Å². The molecule has 1 unspecified atom stereocenters. The van der Waals surface area contributed by atoms with Crippen molar-refractivity contribution in [2.24, 2.45) is 11.8 Å². The number of carbonyl (C=O) groups excluding carboxylic acids is 3. The van der Waals surface area contributed by atoms with Crippen molar-refractivity contribution in [1.29, 1.82) is 5.26 Å². The first-order chi connectivity index (χ1) is 16.8. The topological polar surface area (TPSA) is 123 Å². The van der Waals surface area contributed by atoms with Crippen molar-refractivity contribution < 1.29 is 14.4 Å². The average molecular weight is 476 g/mol. The number of aromatic nitrogens is 2. The van der Waals surface area contributed by atoms with Gasteiger partial charge in [0, 0.05) is 24.6 Å². The van der Waals surface area contributed by atoms with Crippen LogP contribution in [0.2, 0.25) is 0 Å². The minimum atomic E-state index is -0.206. The van der Waals surface area contributed by atoms with Gasteiger partial charge in [0.1, 0.15) is 5.69 Å². The number of hydrogen-bond donors (Lipinski definition) is 2. The van der Waals surface area contributed by atoms with E-state index in [9.17, 15) is 19.6 Å². The SMILES string of the molecule is C[C@H]1CN(CNC(=O)C2CCN(C)C2)C(=O)c2cc(-c3ccc(C#N)cc3NC(=O)C3CC3)nn21. The number of likely N-dealkylation sites (tertiary alicyclic amines) is 1. The number of carbonyl (C=O) groups is 3. The van der Waals surface area contributed by atoms with Crippen LogP contribution in [0.4, 0.5) is 5.69 Å². The van der Waals surface area contributed by atoms with Crippen LogP contribution in [0.25, 0.3) is 11.3 Å². The first-order valence-electron chi connectivity index (χ1n) is 12.0. The molecule has 0 spiro atoms. The normalized spacial score (nSPS) is 22.0. The van der Waals surface area contributed by atoms with Crippen molar-refractivity contribution in [3.63, 3.8) is 0 Å². The molecule has 182 valence electrons. The summed E-state index contributed by atoms with van der Waals surface area (Å²) in [4.78, 5) is 42.0. The molecular weight excluding hydrogens is 446 g/mol. The highest BCUT2D eigenvalue weighted by Crippen LogP contribution is 2.34. The Labute approximate surface area is 203 Å². The number of nitrogens with zero attached hydrogens (tertiary/aromatic N) is 5. The zero-order valence-electron chi connectivity index (χ0n) is 20.0. The average Bonchev–Trinajstić information content (AvgIpc) is 3.46. The molecule has 2 fully saturated rings. The number of anilines is 1. The van der Waals surface area contributed by atoms with Gasteiger partial charge in [-0.15, -0.1) is 0 Å². The van der Waals surface area contributed by atoms with E-state index in [1.165, 1.54) is 0 Å². The van der Waals surface area contributed by atoms with Crippen LogP contribution < -0.4 is 10.6 Å². The molecule has 2 N–H and O–H groups in total. The molecule has 10 nitrogen and oxygen atoms in total. The Bertz CT molecular complexity index is 1230. The number of benzene rings is 1. The summed E-state index contributed by atoms with van der Waals surface area (Å²) < 4.78 is 1.70. The predicted octanol–water partition coefficient (Wildman–Crippen LogP) is 1.81. The van der Waals surface area contributed by atoms with Crippen LogP contribution in [-0.2, 0) is 9.59 Å². The van der Waals surface area contributed by atoms with Crippen LogP contribution in [0.15, 0.2) is 24.3 Å². The molecule has 2 aromatic rings. The number of fused-ring (bicyclic) bond motifs is 1. The highest BCUT2D eigenvalue weighted by molar-refractivity contribution is 5.99. The molecule has 3 aliphatic rings. The van der Waals surface area contributed by atoms with E-state index < -0.39 is 0 Å². The van der Waals surface area contributed by atoms with Gasteiger partial charge in [0.25, 0.3) is 5.91 Å². The lowest BCUT2D eigenvalue weighted by atomic mass is 10.1. The van der Waals surface area contributed by atoms with Gasteiger partial charge in [0.05, 0.1) is 41.6 Å². The standard InChI is InChI=1S/C25H29N7O3/c1-15-12-31(14-27-23(33)18-7-8-30(2)13-18)25(35)22-10-21(29-32(15)22)19-6-3-16(11-26)9-20(19)28-24(34)17-4-5-17/h3,6,9-10,15,17-18H,4-5,7-8,12-14H2,1-2H3,(H,27,33)(H,28,34)/t15-,18?/m0/s1. The molecule has 1 aliphatic carbocycles. The molecule has 3 heterocycles. The summed E-state index contributed by atoms with van der Waals surface area (Å²) in [5.41, 5.74) is 2.59. The van der Waals surface area contributed by atoms with E-state index in [1.807, 2.05) is 14.0 Å². The van der Waals surface area contributed by atoms with Crippen molar-refractivity contribution in [1.82, 2.24) is 24.9 Å². The number of hydrogen-bond acceptors (Lipinski definition) is 6. The van der Waals surface area contributed by atoms with E-state index in [0.717, 1.165) is 32.4 Å².